The highest BCUT2D eigenvalue weighted by Crippen LogP contribution is 2.21. The van der Waals surface area contributed by atoms with Crippen molar-refractivity contribution in [2.24, 2.45) is 11.8 Å². The number of ether oxygens (including phenoxy) is 1. The van der Waals surface area contributed by atoms with Crippen LogP contribution in [0.25, 0.3) is 0 Å². The van der Waals surface area contributed by atoms with Crippen molar-refractivity contribution in [2.45, 2.75) is 33.2 Å². The molecule has 0 spiro atoms. The fraction of sp³-hybridized carbons (Fsp3) is 0.600. The number of hydrogen-bond donors (Lipinski definition) is 2. The lowest BCUT2D eigenvalue weighted by Crippen LogP contribution is -3.15. The number of carbonyl (C=O) groups is 2. The Labute approximate surface area is 156 Å². The topological polar surface area (TPSA) is 63.1 Å². The van der Waals surface area contributed by atoms with Gasteiger partial charge in [-0.05, 0) is 37.3 Å². The molecule has 1 aromatic carbocycles. The van der Waals surface area contributed by atoms with Crippen LogP contribution in [-0.2, 0) is 9.59 Å². The molecule has 1 aliphatic rings. The summed E-state index contributed by atoms with van der Waals surface area (Å²) in [6.45, 7) is 8.16. The van der Waals surface area contributed by atoms with Crippen LogP contribution in [0.3, 0.4) is 0 Å². The minimum absolute atomic E-state index is 0.115. The maximum Gasteiger partial charge on any atom is 0.280 e. The molecule has 1 unspecified atom stereocenters. The second-order valence-corrected chi connectivity index (χ2v) is 7.71. The smallest absolute Gasteiger partial charge is 0.280 e. The summed E-state index contributed by atoms with van der Waals surface area (Å²) >= 11 is 0. The van der Waals surface area contributed by atoms with E-state index < -0.39 is 0 Å². The molecule has 0 saturated carbocycles. The Morgan fingerprint density at radius 2 is 1.96 bits per heavy atom. The third kappa shape index (κ3) is 5.46. The summed E-state index contributed by atoms with van der Waals surface area (Å²) in [5.41, 5.74) is 0.694. The van der Waals surface area contributed by atoms with E-state index in [-0.39, 0.29) is 24.4 Å². The summed E-state index contributed by atoms with van der Waals surface area (Å²) < 4.78 is 5.16. The number of piperidine rings is 1. The standard InChI is InChI=1S/C20H31N3O3/c1-14-9-15(2)12-23(11-14)20(25)16(3)22(4)13-19(24)21-17-7-6-8-18(10-17)26-5/h6-8,10,14-16H,9,11-13H2,1-5H3,(H,21,24)/p+1/t14-,15-,16-/m1/s1. The number of nitrogens with zero attached hydrogens (tertiary/aromatic N) is 1. The van der Waals surface area contributed by atoms with Crippen molar-refractivity contribution in [3.8, 4) is 5.75 Å². The van der Waals surface area contributed by atoms with Crippen molar-refractivity contribution in [3.63, 3.8) is 0 Å². The molecule has 2 rings (SSSR count). The quantitative estimate of drug-likeness (QED) is 0.795. The van der Waals surface area contributed by atoms with E-state index >= 15 is 0 Å². The number of rotatable bonds is 6. The molecule has 6 heteroatoms. The lowest BCUT2D eigenvalue weighted by Gasteiger charge is -2.36. The molecule has 0 radical (unpaired) electrons. The summed E-state index contributed by atoms with van der Waals surface area (Å²) in [5.74, 6) is 1.78. The molecular formula is C20H32N3O3+. The molecule has 0 bridgehead atoms. The first-order valence-electron chi connectivity index (χ1n) is 9.35. The third-order valence-corrected chi connectivity index (χ3v) is 5.08. The average Bonchev–Trinajstić information content (AvgIpc) is 2.59. The van der Waals surface area contributed by atoms with Gasteiger partial charge < -0.3 is 19.9 Å². The molecule has 1 aromatic rings. The van der Waals surface area contributed by atoms with Gasteiger partial charge in [-0.1, -0.05) is 19.9 Å². The normalized spacial score (nSPS) is 22.4. The Kier molecular flexibility index (Phi) is 7.03. The first kappa shape index (κ1) is 20.2. The Morgan fingerprint density at radius 3 is 2.58 bits per heavy atom. The van der Waals surface area contributed by atoms with Crippen molar-refractivity contribution >= 4 is 17.5 Å². The van der Waals surface area contributed by atoms with Gasteiger partial charge in [-0.3, -0.25) is 9.59 Å². The second-order valence-electron chi connectivity index (χ2n) is 7.71. The molecule has 4 atom stereocenters. The van der Waals surface area contributed by atoms with Gasteiger partial charge >= 0.3 is 0 Å². The Morgan fingerprint density at radius 1 is 1.31 bits per heavy atom. The van der Waals surface area contributed by atoms with Crippen LogP contribution < -0.4 is 15.0 Å². The van der Waals surface area contributed by atoms with E-state index in [1.165, 1.54) is 6.42 Å². The van der Waals surface area contributed by atoms with E-state index in [1.54, 1.807) is 13.2 Å². The van der Waals surface area contributed by atoms with E-state index in [2.05, 4.69) is 19.2 Å². The number of anilines is 1. The molecule has 2 amide bonds. The maximum absolute atomic E-state index is 12.8. The van der Waals surface area contributed by atoms with Crippen LogP contribution in [0.1, 0.15) is 27.2 Å². The number of hydrogen-bond acceptors (Lipinski definition) is 3. The highest BCUT2D eigenvalue weighted by atomic mass is 16.5. The van der Waals surface area contributed by atoms with Gasteiger partial charge in [0.1, 0.15) is 5.75 Å². The summed E-state index contributed by atoms with van der Waals surface area (Å²) in [5, 5.41) is 2.87. The zero-order valence-electron chi connectivity index (χ0n) is 16.5. The van der Waals surface area contributed by atoms with E-state index in [4.69, 9.17) is 4.74 Å². The minimum atomic E-state index is -0.247. The van der Waals surface area contributed by atoms with Crippen LogP contribution in [0.15, 0.2) is 24.3 Å². The molecule has 1 saturated heterocycles. The molecule has 1 aliphatic heterocycles. The number of likely N-dealkylation sites (N-methyl/N-ethyl adjacent to an activating group) is 1. The average molecular weight is 362 g/mol. The largest absolute Gasteiger partial charge is 0.497 e. The van der Waals surface area contributed by atoms with Crippen molar-refractivity contribution in [1.29, 1.82) is 0 Å². The SMILES string of the molecule is COc1cccc(NC(=O)C[NH+](C)[C@H](C)C(=O)N2C[C@H](C)C[C@@H](C)C2)c1. The predicted octanol–water partition coefficient (Wildman–Crippen LogP) is 1.04. The highest BCUT2D eigenvalue weighted by Gasteiger charge is 2.32. The summed E-state index contributed by atoms with van der Waals surface area (Å²) in [4.78, 5) is 28.0. The van der Waals surface area contributed by atoms with E-state index in [0.29, 0.717) is 23.3 Å². The van der Waals surface area contributed by atoms with Gasteiger partial charge in [0, 0.05) is 24.8 Å². The molecule has 1 fully saturated rings. The van der Waals surface area contributed by atoms with Gasteiger partial charge in [0.25, 0.3) is 11.8 Å². The number of benzene rings is 1. The fourth-order valence-electron chi connectivity index (χ4n) is 3.64. The van der Waals surface area contributed by atoms with Gasteiger partial charge in [0.05, 0.1) is 14.2 Å². The number of quaternary nitrogens is 1. The van der Waals surface area contributed by atoms with Crippen molar-refractivity contribution in [2.75, 3.05) is 39.1 Å². The fourth-order valence-corrected chi connectivity index (χ4v) is 3.64. The maximum atomic E-state index is 12.8. The van der Waals surface area contributed by atoms with Crippen LogP contribution in [0.4, 0.5) is 5.69 Å². The molecule has 6 nitrogen and oxygen atoms in total. The molecule has 0 aliphatic carbocycles. The van der Waals surface area contributed by atoms with Crippen molar-refractivity contribution < 1.29 is 19.2 Å². The summed E-state index contributed by atoms with van der Waals surface area (Å²) in [6, 6.07) is 7.01. The Bertz CT molecular complexity index is 624. The summed E-state index contributed by atoms with van der Waals surface area (Å²) in [6.07, 6.45) is 1.17. The zero-order chi connectivity index (χ0) is 19.3. The third-order valence-electron chi connectivity index (χ3n) is 5.08. The van der Waals surface area contributed by atoms with Gasteiger partial charge in [-0.2, -0.15) is 0 Å². The Hall–Kier alpha value is -2.08. The number of nitrogens with one attached hydrogen (secondary N) is 2. The molecule has 1 heterocycles. The van der Waals surface area contributed by atoms with Crippen LogP contribution in [0.5, 0.6) is 5.75 Å². The van der Waals surface area contributed by atoms with Gasteiger partial charge in [-0.25, -0.2) is 0 Å². The van der Waals surface area contributed by atoms with E-state index in [1.807, 2.05) is 37.1 Å². The molecule has 26 heavy (non-hydrogen) atoms. The van der Waals surface area contributed by atoms with Crippen LogP contribution in [-0.4, -0.2) is 56.5 Å². The van der Waals surface area contributed by atoms with Gasteiger partial charge in [0.2, 0.25) is 0 Å². The lowest BCUT2D eigenvalue weighted by molar-refractivity contribution is -0.886. The number of carbonyl (C=O) groups excluding carboxylic acids is 2. The predicted molar refractivity (Wildman–Crippen MR) is 102 cm³/mol. The number of amides is 2. The first-order valence-corrected chi connectivity index (χ1v) is 9.35. The molecule has 2 N–H and O–H groups in total. The Balaban J connectivity index is 1.89. The van der Waals surface area contributed by atoms with Crippen LogP contribution in [0, 0.1) is 11.8 Å². The second kappa shape index (κ2) is 9.03. The van der Waals surface area contributed by atoms with E-state index in [0.717, 1.165) is 18.0 Å². The number of likely N-dealkylation sites (tertiary alicyclic amines) is 1. The van der Waals surface area contributed by atoms with Crippen LogP contribution >= 0.6 is 0 Å². The van der Waals surface area contributed by atoms with Gasteiger partial charge in [-0.15, -0.1) is 0 Å². The molecular weight excluding hydrogens is 330 g/mol. The van der Waals surface area contributed by atoms with Gasteiger partial charge in [0.15, 0.2) is 12.6 Å². The first-order chi connectivity index (χ1) is 12.3. The van der Waals surface area contributed by atoms with Crippen LogP contribution in [0.2, 0.25) is 0 Å². The monoisotopic (exact) mass is 362 g/mol. The van der Waals surface area contributed by atoms with Crippen molar-refractivity contribution in [1.82, 2.24) is 4.90 Å². The molecule has 0 aromatic heterocycles. The lowest BCUT2D eigenvalue weighted by atomic mass is 9.91. The zero-order valence-corrected chi connectivity index (χ0v) is 16.5. The minimum Gasteiger partial charge on any atom is -0.497 e. The van der Waals surface area contributed by atoms with E-state index in [9.17, 15) is 9.59 Å². The summed E-state index contributed by atoms with van der Waals surface area (Å²) in [7, 11) is 3.49. The number of methoxy groups -OCH3 is 1. The van der Waals surface area contributed by atoms with Crippen molar-refractivity contribution in [3.05, 3.63) is 24.3 Å². The highest BCUT2D eigenvalue weighted by molar-refractivity contribution is 5.91. The molecule has 144 valence electrons.